The smallest absolute Gasteiger partial charge is 0.264 e. The van der Waals surface area contributed by atoms with Crippen molar-refractivity contribution in [1.29, 1.82) is 0 Å². The van der Waals surface area contributed by atoms with Crippen molar-refractivity contribution in [3.05, 3.63) is 77.2 Å². The van der Waals surface area contributed by atoms with E-state index in [4.69, 9.17) is 4.74 Å². The average Bonchev–Trinajstić information content (AvgIpc) is 3.17. The van der Waals surface area contributed by atoms with E-state index >= 15 is 0 Å². The van der Waals surface area contributed by atoms with E-state index < -0.39 is 0 Å². The highest BCUT2D eigenvalue weighted by Crippen LogP contribution is 2.30. The van der Waals surface area contributed by atoms with Crippen molar-refractivity contribution in [1.82, 2.24) is 4.90 Å². The molecule has 0 bridgehead atoms. The molecule has 3 aromatic rings. The van der Waals surface area contributed by atoms with Gasteiger partial charge >= 0.3 is 0 Å². The summed E-state index contributed by atoms with van der Waals surface area (Å²) in [7, 11) is 0. The molecule has 0 aliphatic heterocycles. The Morgan fingerprint density at radius 2 is 1.69 bits per heavy atom. The lowest BCUT2D eigenvalue weighted by Crippen LogP contribution is -2.29. The van der Waals surface area contributed by atoms with Crippen LogP contribution in [0, 0.1) is 0 Å². The third-order valence-corrected chi connectivity index (χ3v) is 5.27. The summed E-state index contributed by atoms with van der Waals surface area (Å²) < 4.78 is 5.49. The zero-order valence-corrected chi connectivity index (χ0v) is 16.0. The fourth-order valence-electron chi connectivity index (χ4n) is 2.78. The number of amides is 1. The van der Waals surface area contributed by atoms with Gasteiger partial charge in [0.1, 0.15) is 5.75 Å². The van der Waals surface area contributed by atoms with Crippen LogP contribution in [0.5, 0.6) is 5.75 Å². The summed E-state index contributed by atoms with van der Waals surface area (Å²) in [5, 5.41) is 0. The molecule has 0 aliphatic carbocycles. The predicted molar refractivity (Wildman–Crippen MR) is 108 cm³/mol. The van der Waals surface area contributed by atoms with Crippen LogP contribution in [0.25, 0.3) is 10.4 Å². The van der Waals surface area contributed by atoms with Crippen LogP contribution in [0.1, 0.15) is 29.1 Å². The molecule has 3 rings (SSSR count). The quantitative estimate of drug-likeness (QED) is 0.555. The molecule has 0 spiro atoms. The Morgan fingerprint density at radius 1 is 0.962 bits per heavy atom. The molecule has 134 valence electrons. The predicted octanol–water partition coefficient (Wildman–Crippen LogP) is 5.48. The summed E-state index contributed by atoms with van der Waals surface area (Å²) >= 11 is 1.54. The summed E-state index contributed by atoms with van der Waals surface area (Å²) in [4.78, 5) is 16.6. The molecule has 0 radical (unpaired) electrons. The number of rotatable bonds is 7. The minimum Gasteiger partial charge on any atom is -0.494 e. The number of carbonyl (C=O) groups excluding carboxylic acids is 1. The summed E-state index contributed by atoms with van der Waals surface area (Å²) in [6, 6.07) is 22.0. The van der Waals surface area contributed by atoms with Crippen molar-refractivity contribution < 1.29 is 9.53 Å². The van der Waals surface area contributed by atoms with Crippen LogP contribution in [0.2, 0.25) is 0 Å². The molecule has 3 nitrogen and oxygen atoms in total. The highest BCUT2D eigenvalue weighted by atomic mass is 32.1. The van der Waals surface area contributed by atoms with Crippen molar-refractivity contribution in [2.24, 2.45) is 0 Å². The number of carbonyl (C=O) groups is 1. The Hall–Kier alpha value is -2.59. The molecule has 0 N–H and O–H groups in total. The van der Waals surface area contributed by atoms with Crippen molar-refractivity contribution in [2.45, 2.75) is 20.4 Å². The molecule has 0 atom stereocenters. The highest BCUT2D eigenvalue weighted by molar-refractivity contribution is 7.17. The molecule has 0 unspecified atom stereocenters. The summed E-state index contributed by atoms with van der Waals surface area (Å²) in [6.07, 6.45) is 0. The Balaban J connectivity index is 1.74. The highest BCUT2D eigenvalue weighted by Gasteiger charge is 2.17. The monoisotopic (exact) mass is 365 g/mol. The molecule has 26 heavy (non-hydrogen) atoms. The van der Waals surface area contributed by atoms with E-state index in [2.05, 4.69) is 12.1 Å². The molecule has 1 heterocycles. The van der Waals surface area contributed by atoms with E-state index in [1.165, 1.54) is 11.3 Å². The summed E-state index contributed by atoms with van der Waals surface area (Å²) in [6.45, 7) is 5.96. The molecule has 1 aromatic heterocycles. The first kappa shape index (κ1) is 18.2. The van der Waals surface area contributed by atoms with Gasteiger partial charge in [-0.15, -0.1) is 11.3 Å². The summed E-state index contributed by atoms with van der Waals surface area (Å²) in [5.41, 5.74) is 2.25. The maximum absolute atomic E-state index is 12.9. The fraction of sp³-hybridized carbons (Fsp3) is 0.227. The Bertz CT molecular complexity index is 840. The van der Waals surface area contributed by atoms with Gasteiger partial charge in [0.15, 0.2) is 0 Å². The molecule has 2 aromatic carbocycles. The Morgan fingerprint density at radius 3 is 2.35 bits per heavy atom. The van der Waals surface area contributed by atoms with Crippen molar-refractivity contribution in [3.63, 3.8) is 0 Å². The van der Waals surface area contributed by atoms with Gasteiger partial charge in [0.25, 0.3) is 5.91 Å². The topological polar surface area (TPSA) is 29.5 Å². The van der Waals surface area contributed by atoms with E-state index in [1.54, 1.807) is 0 Å². The first-order valence-corrected chi connectivity index (χ1v) is 9.69. The van der Waals surface area contributed by atoms with Crippen molar-refractivity contribution >= 4 is 17.2 Å². The first-order valence-electron chi connectivity index (χ1n) is 8.87. The Labute approximate surface area is 158 Å². The number of hydrogen-bond donors (Lipinski definition) is 0. The lowest BCUT2D eigenvalue weighted by Gasteiger charge is -2.20. The van der Waals surface area contributed by atoms with Gasteiger partial charge in [-0.2, -0.15) is 0 Å². The minimum absolute atomic E-state index is 0.0820. The SMILES string of the molecule is CCOc1ccc(-c2ccc(C(=O)N(CC)Cc3ccccc3)s2)cc1. The minimum atomic E-state index is 0.0820. The molecule has 4 heteroatoms. The van der Waals surface area contributed by atoms with Gasteiger partial charge < -0.3 is 9.64 Å². The number of nitrogens with zero attached hydrogens (tertiary/aromatic N) is 1. The maximum atomic E-state index is 12.9. The molecule has 0 fully saturated rings. The molecular weight excluding hydrogens is 342 g/mol. The number of hydrogen-bond acceptors (Lipinski definition) is 3. The van der Waals surface area contributed by atoms with Crippen LogP contribution in [0.3, 0.4) is 0 Å². The van der Waals surface area contributed by atoms with Gasteiger partial charge in [0.05, 0.1) is 11.5 Å². The van der Waals surface area contributed by atoms with Crippen LogP contribution >= 0.6 is 11.3 Å². The van der Waals surface area contributed by atoms with Crippen LogP contribution in [0.15, 0.2) is 66.7 Å². The van der Waals surface area contributed by atoms with Gasteiger partial charge in [-0.05, 0) is 61.4 Å². The van der Waals surface area contributed by atoms with Gasteiger partial charge in [0, 0.05) is 18.0 Å². The van der Waals surface area contributed by atoms with E-state index in [-0.39, 0.29) is 5.91 Å². The Kier molecular flexibility index (Phi) is 6.08. The normalized spacial score (nSPS) is 10.5. The molecule has 0 saturated carbocycles. The third kappa shape index (κ3) is 4.33. The second-order valence-corrected chi connectivity index (χ2v) is 7.01. The zero-order chi connectivity index (χ0) is 18.4. The van der Waals surface area contributed by atoms with Crippen molar-refractivity contribution in [2.75, 3.05) is 13.2 Å². The molecule has 1 amide bonds. The average molecular weight is 365 g/mol. The molecule has 0 saturated heterocycles. The van der Waals surface area contributed by atoms with Crippen LogP contribution in [-0.4, -0.2) is 24.0 Å². The molecule has 0 aliphatic rings. The second kappa shape index (κ2) is 8.68. The second-order valence-electron chi connectivity index (χ2n) is 5.93. The van der Waals surface area contributed by atoms with E-state index in [9.17, 15) is 4.79 Å². The zero-order valence-electron chi connectivity index (χ0n) is 15.1. The summed E-state index contributed by atoms with van der Waals surface area (Å²) in [5.74, 6) is 0.947. The van der Waals surface area contributed by atoms with Gasteiger partial charge in [-0.25, -0.2) is 0 Å². The lowest BCUT2D eigenvalue weighted by molar-refractivity contribution is 0.0757. The maximum Gasteiger partial charge on any atom is 0.264 e. The number of thiophene rings is 1. The van der Waals surface area contributed by atoms with Crippen molar-refractivity contribution in [3.8, 4) is 16.2 Å². The fourth-order valence-corrected chi connectivity index (χ4v) is 3.76. The first-order chi connectivity index (χ1) is 12.7. The van der Waals surface area contributed by atoms with E-state index in [0.717, 1.165) is 26.6 Å². The van der Waals surface area contributed by atoms with E-state index in [0.29, 0.717) is 19.7 Å². The van der Waals surface area contributed by atoms with E-state index in [1.807, 2.05) is 73.3 Å². The number of ether oxygens (including phenoxy) is 1. The largest absolute Gasteiger partial charge is 0.494 e. The van der Waals surface area contributed by atoms with Crippen LogP contribution < -0.4 is 4.74 Å². The van der Waals surface area contributed by atoms with Gasteiger partial charge in [0.2, 0.25) is 0 Å². The van der Waals surface area contributed by atoms with Gasteiger partial charge in [-0.3, -0.25) is 4.79 Å². The van der Waals surface area contributed by atoms with Crippen LogP contribution in [-0.2, 0) is 6.54 Å². The van der Waals surface area contributed by atoms with Crippen LogP contribution in [0.4, 0.5) is 0 Å². The third-order valence-electron chi connectivity index (χ3n) is 4.15. The molecular formula is C22H23NO2S. The van der Waals surface area contributed by atoms with Gasteiger partial charge in [-0.1, -0.05) is 30.3 Å². The lowest BCUT2D eigenvalue weighted by atomic mass is 10.2. The standard InChI is InChI=1S/C22H23NO2S/c1-3-23(16-17-8-6-5-7-9-17)22(24)21-15-14-20(26-21)18-10-12-19(13-11-18)25-4-2/h5-15H,3-4,16H2,1-2H3. The number of benzene rings is 2.